The quantitative estimate of drug-likeness (QED) is 0.735. The molecule has 0 saturated heterocycles. The molecule has 1 aromatic rings. The van der Waals surface area contributed by atoms with Crippen LogP contribution in [0, 0.1) is 0 Å². The molecule has 2 rings (SSSR count). The van der Waals surface area contributed by atoms with Crippen molar-refractivity contribution >= 4 is 11.6 Å². The first kappa shape index (κ1) is 11.9. The standard InChI is InChI=1S/C13H18N2O2/c1-9(8-16)15-13(17)11-4-2-6-12-10(11)5-3-7-14-12/h2,4,6,9,14,16H,3,5,7-8H2,1H3,(H,15,17). The first-order chi connectivity index (χ1) is 8.22. The smallest absolute Gasteiger partial charge is 0.251 e. The van der Waals surface area contributed by atoms with Crippen LogP contribution in [0.1, 0.15) is 29.3 Å². The Labute approximate surface area is 101 Å². The zero-order valence-corrected chi connectivity index (χ0v) is 9.99. The highest BCUT2D eigenvalue weighted by molar-refractivity contribution is 5.97. The second-order valence-corrected chi connectivity index (χ2v) is 4.42. The number of amides is 1. The minimum absolute atomic E-state index is 0.0426. The predicted octanol–water partition coefficient (Wildman–Crippen LogP) is 1.16. The summed E-state index contributed by atoms with van der Waals surface area (Å²) in [5.74, 6) is -0.105. The molecule has 1 aliphatic heterocycles. The van der Waals surface area contributed by atoms with Gasteiger partial charge in [0.2, 0.25) is 0 Å². The average Bonchev–Trinajstić information content (AvgIpc) is 2.37. The third-order valence-electron chi connectivity index (χ3n) is 2.99. The summed E-state index contributed by atoms with van der Waals surface area (Å²) in [6, 6.07) is 5.51. The van der Waals surface area contributed by atoms with E-state index in [1.165, 1.54) is 0 Å². The van der Waals surface area contributed by atoms with E-state index in [0.717, 1.165) is 36.2 Å². The van der Waals surface area contributed by atoms with E-state index >= 15 is 0 Å². The molecule has 92 valence electrons. The molecule has 1 heterocycles. The molecule has 17 heavy (non-hydrogen) atoms. The lowest BCUT2D eigenvalue weighted by Gasteiger charge is -2.21. The van der Waals surface area contributed by atoms with Gasteiger partial charge in [-0.1, -0.05) is 6.07 Å². The SMILES string of the molecule is CC(CO)NC(=O)c1cccc2c1CCCN2. The Hall–Kier alpha value is -1.55. The lowest BCUT2D eigenvalue weighted by Crippen LogP contribution is -2.35. The summed E-state index contributed by atoms with van der Waals surface area (Å²) < 4.78 is 0. The minimum atomic E-state index is -0.213. The van der Waals surface area contributed by atoms with Crippen molar-refractivity contribution in [2.75, 3.05) is 18.5 Å². The van der Waals surface area contributed by atoms with Gasteiger partial charge in [0.25, 0.3) is 5.91 Å². The number of aliphatic hydroxyl groups is 1. The van der Waals surface area contributed by atoms with Gasteiger partial charge in [-0.3, -0.25) is 4.79 Å². The Bertz CT molecular complexity index is 418. The summed E-state index contributed by atoms with van der Waals surface area (Å²) in [4.78, 5) is 12.0. The van der Waals surface area contributed by atoms with E-state index in [1.54, 1.807) is 6.92 Å². The van der Waals surface area contributed by atoms with Crippen LogP contribution in [0.2, 0.25) is 0 Å². The fraction of sp³-hybridized carbons (Fsp3) is 0.462. The predicted molar refractivity (Wildman–Crippen MR) is 67.3 cm³/mol. The van der Waals surface area contributed by atoms with Crippen molar-refractivity contribution in [3.05, 3.63) is 29.3 Å². The fourth-order valence-electron chi connectivity index (χ4n) is 2.07. The van der Waals surface area contributed by atoms with E-state index in [4.69, 9.17) is 5.11 Å². The van der Waals surface area contributed by atoms with E-state index < -0.39 is 0 Å². The number of benzene rings is 1. The monoisotopic (exact) mass is 234 g/mol. The Morgan fingerprint density at radius 2 is 2.41 bits per heavy atom. The van der Waals surface area contributed by atoms with Gasteiger partial charge in [0.15, 0.2) is 0 Å². The lowest BCUT2D eigenvalue weighted by atomic mass is 9.97. The molecule has 0 fully saturated rings. The molecule has 0 radical (unpaired) electrons. The Morgan fingerprint density at radius 1 is 1.59 bits per heavy atom. The van der Waals surface area contributed by atoms with Gasteiger partial charge in [0.05, 0.1) is 6.61 Å². The van der Waals surface area contributed by atoms with E-state index in [2.05, 4.69) is 10.6 Å². The first-order valence-electron chi connectivity index (χ1n) is 6.00. The van der Waals surface area contributed by atoms with Crippen LogP contribution >= 0.6 is 0 Å². The second kappa shape index (κ2) is 5.19. The number of aliphatic hydroxyl groups excluding tert-OH is 1. The molecule has 0 bridgehead atoms. The van der Waals surface area contributed by atoms with Crippen LogP contribution in [-0.2, 0) is 6.42 Å². The van der Waals surface area contributed by atoms with Crippen molar-refractivity contribution in [1.29, 1.82) is 0 Å². The third kappa shape index (κ3) is 2.58. The molecule has 1 aromatic carbocycles. The molecule has 4 nitrogen and oxygen atoms in total. The van der Waals surface area contributed by atoms with Gasteiger partial charge in [-0.15, -0.1) is 0 Å². The molecular formula is C13H18N2O2. The average molecular weight is 234 g/mol. The molecule has 0 spiro atoms. The van der Waals surface area contributed by atoms with E-state index in [-0.39, 0.29) is 18.6 Å². The lowest BCUT2D eigenvalue weighted by molar-refractivity contribution is 0.0921. The van der Waals surface area contributed by atoms with Gasteiger partial charge in [0.1, 0.15) is 0 Å². The normalized spacial score (nSPS) is 15.6. The summed E-state index contributed by atoms with van der Waals surface area (Å²) >= 11 is 0. The largest absolute Gasteiger partial charge is 0.394 e. The number of hydrogen-bond donors (Lipinski definition) is 3. The first-order valence-corrected chi connectivity index (χ1v) is 6.00. The number of carbonyl (C=O) groups is 1. The van der Waals surface area contributed by atoms with E-state index in [1.807, 2.05) is 18.2 Å². The molecule has 1 atom stereocenters. The van der Waals surface area contributed by atoms with Gasteiger partial charge in [-0.25, -0.2) is 0 Å². The van der Waals surface area contributed by atoms with Gasteiger partial charge in [0, 0.05) is 23.8 Å². The van der Waals surface area contributed by atoms with E-state index in [9.17, 15) is 4.79 Å². The summed E-state index contributed by atoms with van der Waals surface area (Å²) in [6.07, 6.45) is 1.98. The highest BCUT2D eigenvalue weighted by atomic mass is 16.3. The van der Waals surface area contributed by atoms with Gasteiger partial charge >= 0.3 is 0 Å². The molecule has 4 heteroatoms. The minimum Gasteiger partial charge on any atom is -0.394 e. The highest BCUT2D eigenvalue weighted by Crippen LogP contribution is 2.25. The van der Waals surface area contributed by atoms with Gasteiger partial charge < -0.3 is 15.7 Å². The number of rotatable bonds is 3. The molecule has 3 N–H and O–H groups in total. The van der Waals surface area contributed by atoms with Crippen LogP contribution in [0.3, 0.4) is 0 Å². The van der Waals surface area contributed by atoms with Crippen LogP contribution in [-0.4, -0.2) is 30.2 Å². The molecule has 0 aliphatic carbocycles. The second-order valence-electron chi connectivity index (χ2n) is 4.42. The zero-order chi connectivity index (χ0) is 12.3. The Morgan fingerprint density at radius 3 is 3.18 bits per heavy atom. The van der Waals surface area contributed by atoms with Crippen molar-refractivity contribution in [3.8, 4) is 0 Å². The topological polar surface area (TPSA) is 61.4 Å². The maximum absolute atomic E-state index is 12.0. The maximum Gasteiger partial charge on any atom is 0.251 e. The van der Waals surface area contributed by atoms with E-state index in [0.29, 0.717) is 0 Å². The number of carbonyl (C=O) groups excluding carboxylic acids is 1. The summed E-state index contributed by atoms with van der Waals surface area (Å²) in [6.45, 7) is 2.70. The number of hydrogen-bond acceptors (Lipinski definition) is 3. The van der Waals surface area contributed by atoms with Crippen LogP contribution in [0.5, 0.6) is 0 Å². The van der Waals surface area contributed by atoms with Crippen molar-refractivity contribution in [2.24, 2.45) is 0 Å². The zero-order valence-electron chi connectivity index (χ0n) is 9.99. The van der Waals surface area contributed by atoms with Crippen molar-refractivity contribution in [1.82, 2.24) is 5.32 Å². The molecule has 1 amide bonds. The van der Waals surface area contributed by atoms with Crippen molar-refractivity contribution < 1.29 is 9.90 Å². The Kier molecular flexibility index (Phi) is 3.64. The van der Waals surface area contributed by atoms with Crippen molar-refractivity contribution in [2.45, 2.75) is 25.8 Å². The van der Waals surface area contributed by atoms with Crippen LogP contribution < -0.4 is 10.6 Å². The number of anilines is 1. The van der Waals surface area contributed by atoms with Crippen molar-refractivity contribution in [3.63, 3.8) is 0 Å². The molecule has 0 saturated carbocycles. The summed E-state index contributed by atoms with van der Waals surface area (Å²) in [5.41, 5.74) is 2.86. The molecule has 0 aromatic heterocycles. The number of fused-ring (bicyclic) bond motifs is 1. The van der Waals surface area contributed by atoms with Crippen LogP contribution in [0.4, 0.5) is 5.69 Å². The molecular weight excluding hydrogens is 216 g/mol. The maximum atomic E-state index is 12.0. The van der Waals surface area contributed by atoms with Crippen LogP contribution in [0.15, 0.2) is 18.2 Å². The Balaban J connectivity index is 2.23. The van der Waals surface area contributed by atoms with Gasteiger partial charge in [-0.2, -0.15) is 0 Å². The summed E-state index contributed by atoms with van der Waals surface area (Å²) in [5, 5.41) is 15.0. The number of nitrogens with one attached hydrogen (secondary N) is 2. The van der Waals surface area contributed by atoms with Gasteiger partial charge in [-0.05, 0) is 37.5 Å². The molecule has 1 aliphatic rings. The third-order valence-corrected chi connectivity index (χ3v) is 2.99. The highest BCUT2D eigenvalue weighted by Gasteiger charge is 2.18. The molecule has 1 unspecified atom stereocenters. The van der Waals surface area contributed by atoms with Crippen LogP contribution in [0.25, 0.3) is 0 Å². The summed E-state index contributed by atoms with van der Waals surface area (Å²) in [7, 11) is 0. The fourth-order valence-corrected chi connectivity index (χ4v) is 2.07.